The fraction of sp³-hybridized carbons (Fsp3) is 0.455. The molecular formula is C22H20N2O6S2. The molecule has 8 atom stereocenters. The number of nitrogens with one attached hydrogen (secondary N) is 1. The Morgan fingerprint density at radius 1 is 1.16 bits per heavy atom. The van der Waals surface area contributed by atoms with Crippen molar-refractivity contribution < 1.29 is 24.6 Å². The Morgan fingerprint density at radius 3 is 2.53 bits per heavy atom. The Labute approximate surface area is 190 Å². The average molecular weight is 473 g/mol. The molecule has 2 amide bonds. The fourth-order valence-electron chi connectivity index (χ4n) is 6.63. The van der Waals surface area contributed by atoms with Gasteiger partial charge in [0.25, 0.3) is 0 Å². The number of aromatic amines is 1. The van der Waals surface area contributed by atoms with Gasteiger partial charge in [-0.2, -0.15) is 0 Å². The van der Waals surface area contributed by atoms with Crippen molar-refractivity contribution in [1.82, 2.24) is 9.88 Å². The summed E-state index contributed by atoms with van der Waals surface area (Å²) in [6.07, 6.45) is 0.716. The number of hydrogen-bond acceptors (Lipinski definition) is 7. The van der Waals surface area contributed by atoms with Crippen molar-refractivity contribution >= 4 is 40.9 Å². The van der Waals surface area contributed by atoms with Gasteiger partial charge in [0.05, 0.1) is 16.9 Å². The highest BCUT2D eigenvalue weighted by atomic mass is 32.2. The molecule has 2 bridgehead atoms. The van der Waals surface area contributed by atoms with Crippen molar-refractivity contribution in [2.45, 2.75) is 35.6 Å². The van der Waals surface area contributed by atoms with E-state index in [0.29, 0.717) is 6.42 Å². The number of hydrogen-bond donors (Lipinski definition) is 3. The standard InChI is InChI=1S/C22H20N2O6S2/c1-7(21(28)29)24-19(26)14-9-6-10(15(14)20(24)27)16-13(9)12(8-4-2-3-5-11(8)25)17-18(31-16)23-22(30)32-17/h2-5,7,9-10,12-16,25H,6H2,1H3,(H,23,30)(H,28,29)/t7-,9-,10-,12+,13-,14+,15-,16+/m1/s1. The molecule has 6 rings (SSSR count). The minimum absolute atomic E-state index is 0.000408. The van der Waals surface area contributed by atoms with Gasteiger partial charge in [0.1, 0.15) is 11.8 Å². The van der Waals surface area contributed by atoms with Crippen molar-refractivity contribution in [3.8, 4) is 5.75 Å². The van der Waals surface area contributed by atoms with Gasteiger partial charge >= 0.3 is 10.8 Å². The molecule has 3 heterocycles. The molecular weight excluding hydrogens is 452 g/mol. The first-order valence-corrected chi connectivity index (χ1v) is 12.3. The first kappa shape index (κ1) is 20.0. The van der Waals surface area contributed by atoms with E-state index in [1.165, 1.54) is 6.92 Å². The predicted octanol–water partition coefficient (Wildman–Crippen LogP) is 2.09. The van der Waals surface area contributed by atoms with Crippen LogP contribution in [0.4, 0.5) is 0 Å². The number of H-pyrrole nitrogens is 1. The van der Waals surface area contributed by atoms with Crippen LogP contribution >= 0.6 is 23.1 Å². The number of aromatic nitrogens is 1. The fourth-order valence-corrected chi connectivity index (χ4v) is 9.51. The van der Waals surface area contributed by atoms with Crippen molar-refractivity contribution in [2.24, 2.45) is 29.6 Å². The monoisotopic (exact) mass is 472 g/mol. The summed E-state index contributed by atoms with van der Waals surface area (Å²) in [6.45, 7) is 1.37. The van der Waals surface area contributed by atoms with Gasteiger partial charge in [-0.3, -0.25) is 19.3 Å². The normalized spacial score (nSPS) is 35.5. The van der Waals surface area contributed by atoms with Crippen molar-refractivity contribution in [3.63, 3.8) is 0 Å². The number of aromatic hydroxyl groups is 1. The van der Waals surface area contributed by atoms with E-state index in [-0.39, 0.29) is 45.5 Å². The van der Waals surface area contributed by atoms with Gasteiger partial charge in [-0.1, -0.05) is 29.5 Å². The van der Waals surface area contributed by atoms with Gasteiger partial charge in [-0.25, -0.2) is 4.79 Å². The number of amides is 2. The summed E-state index contributed by atoms with van der Waals surface area (Å²) in [6, 6.07) is 5.87. The quantitative estimate of drug-likeness (QED) is 0.584. The zero-order valence-electron chi connectivity index (χ0n) is 16.9. The van der Waals surface area contributed by atoms with Crippen molar-refractivity contribution in [2.75, 3.05) is 0 Å². The molecule has 2 aromatic rings. The summed E-state index contributed by atoms with van der Waals surface area (Å²) in [5.41, 5.74) is 0.718. The van der Waals surface area contributed by atoms with Crippen LogP contribution in [-0.4, -0.2) is 49.2 Å². The van der Waals surface area contributed by atoms with Crippen LogP contribution in [0, 0.1) is 29.6 Å². The highest BCUT2D eigenvalue weighted by Gasteiger charge is 2.70. The Morgan fingerprint density at radius 2 is 1.84 bits per heavy atom. The molecule has 2 saturated carbocycles. The lowest BCUT2D eigenvalue weighted by Gasteiger charge is -2.43. The van der Waals surface area contributed by atoms with E-state index in [1.807, 2.05) is 12.1 Å². The maximum atomic E-state index is 13.3. The number of phenolic OH excluding ortho intramolecular Hbond substituents is 1. The van der Waals surface area contributed by atoms with Gasteiger partial charge in [0, 0.05) is 21.6 Å². The third-order valence-corrected chi connectivity index (χ3v) is 10.4. The summed E-state index contributed by atoms with van der Waals surface area (Å²) in [5, 5.41) is 20.9. The Kier molecular flexibility index (Phi) is 4.20. The van der Waals surface area contributed by atoms with Crippen LogP contribution in [0.5, 0.6) is 5.75 Å². The molecule has 1 saturated heterocycles. The maximum Gasteiger partial charge on any atom is 0.326 e. The Balaban J connectivity index is 1.47. The first-order valence-electron chi connectivity index (χ1n) is 10.6. The van der Waals surface area contributed by atoms with E-state index in [9.17, 15) is 29.4 Å². The topological polar surface area (TPSA) is 128 Å². The van der Waals surface area contributed by atoms with Gasteiger partial charge in [-0.15, -0.1) is 11.8 Å². The third kappa shape index (κ3) is 2.45. The lowest BCUT2D eigenvalue weighted by Crippen LogP contribution is -2.44. The summed E-state index contributed by atoms with van der Waals surface area (Å²) >= 11 is 2.69. The second-order valence-electron chi connectivity index (χ2n) is 9.08. The summed E-state index contributed by atoms with van der Waals surface area (Å²) in [7, 11) is 0. The Bertz CT molecular complexity index is 1240. The number of likely N-dealkylation sites (tertiary alicyclic amines) is 1. The zero-order valence-corrected chi connectivity index (χ0v) is 18.6. The van der Waals surface area contributed by atoms with Crippen LogP contribution < -0.4 is 4.87 Å². The van der Waals surface area contributed by atoms with Crippen LogP contribution in [0.2, 0.25) is 0 Å². The molecule has 1 aromatic heterocycles. The predicted molar refractivity (Wildman–Crippen MR) is 116 cm³/mol. The molecule has 166 valence electrons. The molecule has 1 aromatic carbocycles. The van der Waals surface area contributed by atoms with E-state index in [0.717, 1.165) is 31.7 Å². The number of carbonyl (C=O) groups excluding carboxylic acids is 2. The highest BCUT2D eigenvalue weighted by molar-refractivity contribution is 8.00. The number of thioether (sulfide) groups is 1. The molecule has 32 heavy (non-hydrogen) atoms. The van der Waals surface area contributed by atoms with Crippen LogP contribution in [0.15, 0.2) is 34.1 Å². The number of para-hydroxylation sites is 1. The van der Waals surface area contributed by atoms with Gasteiger partial charge in [-0.05, 0) is 37.2 Å². The SMILES string of the molecule is C[C@H](C(=O)O)N1C(=O)[C@@H]2[C@H]3C[C@@H]([C@@H]2C1=O)[C@@H]1[C@H](c2ccccc2O)c2sc(=O)[nH]c2S[C@@H]31. The molecule has 2 aliphatic heterocycles. The number of rotatable bonds is 3. The van der Waals surface area contributed by atoms with E-state index < -0.39 is 29.8 Å². The summed E-state index contributed by atoms with van der Waals surface area (Å²) < 4.78 is 0. The van der Waals surface area contributed by atoms with Gasteiger partial charge in [0.2, 0.25) is 11.8 Å². The van der Waals surface area contributed by atoms with E-state index in [1.54, 1.807) is 23.9 Å². The van der Waals surface area contributed by atoms with E-state index >= 15 is 0 Å². The number of fused-ring (bicyclic) bond motifs is 9. The molecule has 2 aliphatic carbocycles. The highest BCUT2D eigenvalue weighted by Crippen LogP contribution is 2.69. The number of nitrogens with zero attached hydrogens (tertiary/aromatic N) is 1. The second kappa shape index (κ2) is 6.71. The molecule has 0 radical (unpaired) electrons. The molecule has 10 heteroatoms. The lowest BCUT2D eigenvalue weighted by atomic mass is 9.68. The second-order valence-corrected chi connectivity index (χ2v) is 11.3. The van der Waals surface area contributed by atoms with Crippen LogP contribution in [0.3, 0.4) is 0 Å². The smallest absolute Gasteiger partial charge is 0.326 e. The molecule has 8 nitrogen and oxygen atoms in total. The molecule has 3 fully saturated rings. The average Bonchev–Trinajstić information content (AvgIpc) is 3.47. The minimum atomic E-state index is -1.20. The molecule has 0 spiro atoms. The number of imide groups is 1. The molecule has 3 N–H and O–H groups in total. The van der Waals surface area contributed by atoms with Crippen LogP contribution in [-0.2, 0) is 14.4 Å². The molecule has 4 aliphatic rings. The lowest BCUT2D eigenvalue weighted by molar-refractivity contribution is -0.154. The van der Waals surface area contributed by atoms with Crippen molar-refractivity contribution in [3.05, 3.63) is 44.4 Å². The summed E-state index contributed by atoms with van der Waals surface area (Å²) in [5.74, 6) is -3.36. The Hall–Kier alpha value is -2.59. The van der Waals surface area contributed by atoms with E-state index in [2.05, 4.69) is 4.98 Å². The minimum Gasteiger partial charge on any atom is -0.508 e. The van der Waals surface area contributed by atoms with Gasteiger partial charge < -0.3 is 15.2 Å². The number of carbonyl (C=O) groups is 3. The van der Waals surface area contributed by atoms with E-state index in [4.69, 9.17) is 0 Å². The third-order valence-electron chi connectivity index (χ3n) is 7.77. The van der Waals surface area contributed by atoms with Gasteiger partial charge in [0.15, 0.2) is 0 Å². The van der Waals surface area contributed by atoms with Crippen LogP contribution in [0.1, 0.15) is 29.7 Å². The number of phenols is 1. The molecule has 0 unspecified atom stereocenters. The number of carboxylic acid groups (broad SMARTS) is 1. The maximum absolute atomic E-state index is 13.3. The number of aliphatic carboxylic acids is 1. The van der Waals surface area contributed by atoms with Crippen molar-refractivity contribution in [1.29, 1.82) is 0 Å². The first-order chi connectivity index (χ1) is 15.3. The number of benzene rings is 1. The van der Waals surface area contributed by atoms with Crippen LogP contribution in [0.25, 0.3) is 0 Å². The number of carboxylic acids is 1. The number of thiazole rings is 1. The summed E-state index contributed by atoms with van der Waals surface area (Å²) in [4.78, 5) is 54.8. The largest absolute Gasteiger partial charge is 0.508 e. The zero-order chi connectivity index (χ0) is 22.5.